The molecule has 0 radical (unpaired) electrons. The normalized spacial score (nSPS) is 23.3. The molecule has 1 N–H and O–H groups in total. The summed E-state index contributed by atoms with van der Waals surface area (Å²) in [5, 5.41) is 8.84. The molecule has 5 rings (SSSR count). The molecule has 0 aromatic heterocycles. The number of hydrogen-bond donors (Lipinski definition) is 1. The van der Waals surface area contributed by atoms with E-state index in [4.69, 9.17) is 14.6 Å². The monoisotopic (exact) mass is 593 g/mol. The van der Waals surface area contributed by atoms with Crippen LogP contribution < -0.4 is 0 Å². The van der Waals surface area contributed by atoms with Crippen LogP contribution >= 0.6 is 0 Å². The van der Waals surface area contributed by atoms with Crippen LogP contribution in [-0.2, 0) is 19.5 Å². The van der Waals surface area contributed by atoms with Crippen molar-refractivity contribution < 1.29 is 36.6 Å². The molecule has 9 nitrogen and oxygen atoms in total. The number of piperazine rings is 1. The fraction of sp³-hybridized carbons (Fsp3) is 0.552. The number of hydrogen-bond acceptors (Lipinski definition) is 7. The smallest absolute Gasteiger partial charge is 0.410 e. The van der Waals surface area contributed by atoms with E-state index in [9.17, 15) is 22.0 Å². The number of carbonyl (C=O) groups excluding carboxylic acids is 1. The van der Waals surface area contributed by atoms with Crippen LogP contribution in [0.15, 0.2) is 53.4 Å². The number of aliphatic hydroxyl groups is 1. The number of aliphatic hydroxyl groups excluding tert-OH is 1. The first-order valence-electron chi connectivity index (χ1n) is 14.2. The number of sulfonamides is 1. The van der Waals surface area contributed by atoms with Crippen molar-refractivity contribution in [1.82, 2.24) is 14.1 Å². The standard InChI is InChI=1S/C29H37F2N3O6S/c30-23-7-9-25(10-8-23)41(37,38)34-26(22-3-1-4-24(31)21-22)5-2-6-27(34)29(11-12-29)40-28(36)33-15-13-32(14-16-33)17-19-39-20-18-35/h1,3-4,7-10,21,26-27,35H,2,5-6,11-20H2/t26-,27+/m0/s1. The third kappa shape index (κ3) is 6.72. The van der Waals surface area contributed by atoms with E-state index in [-0.39, 0.29) is 11.5 Å². The highest BCUT2D eigenvalue weighted by Gasteiger charge is 2.60. The Morgan fingerprint density at radius 2 is 1.71 bits per heavy atom. The van der Waals surface area contributed by atoms with Crippen molar-refractivity contribution in [3.63, 3.8) is 0 Å². The van der Waals surface area contributed by atoms with Gasteiger partial charge in [-0.3, -0.25) is 4.90 Å². The van der Waals surface area contributed by atoms with Crippen molar-refractivity contribution in [2.24, 2.45) is 0 Å². The fourth-order valence-corrected chi connectivity index (χ4v) is 7.86. The highest BCUT2D eigenvalue weighted by molar-refractivity contribution is 7.89. The van der Waals surface area contributed by atoms with Gasteiger partial charge in [0.1, 0.15) is 17.2 Å². The van der Waals surface area contributed by atoms with Crippen LogP contribution in [0.3, 0.4) is 0 Å². The SMILES string of the molecule is O=C(OC1([C@H]2CCC[C@@H](c3cccc(F)c3)N2S(=O)(=O)c2ccc(F)cc2)CC1)N1CCN(CCOCCO)CC1. The van der Waals surface area contributed by atoms with E-state index in [0.29, 0.717) is 83.6 Å². The lowest BCUT2D eigenvalue weighted by molar-refractivity contribution is -0.0154. The number of carbonyl (C=O) groups is 1. The zero-order valence-electron chi connectivity index (χ0n) is 23.0. The number of rotatable bonds is 10. The van der Waals surface area contributed by atoms with Gasteiger partial charge in [0, 0.05) is 32.7 Å². The van der Waals surface area contributed by atoms with Gasteiger partial charge in [-0.25, -0.2) is 22.0 Å². The van der Waals surface area contributed by atoms with E-state index in [1.54, 1.807) is 17.0 Å². The van der Waals surface area contributed by atoms with Crippen LogP contribution in [0.5, 0.6) is 0 Å². The van der Waals surface area contributed by atoms with Gasteiger partial charge >= 0.3 is 6.09 Å². The summed E-state index contributed by atoms with van der Waals surface area (Å²) in [6.07, 6.45) is 2.23. The lowest BCUT2D eigenvalue weighted by Crippen LogP contribution is -2.55. The molecule has 2 heterocycles. The van der Waals surface area contributed by atoms with E-state index in [1.807, 2.05) is 0 Å². The first kappa shape index (κ1) is 29.8. The molecule has 0 bridgehead atoms. The molecule has 2 saturated heterocycles. The molecule has 2 aliphatic heterocycles. The van der Waals surface area contributed by atoms with Gasteiger partial charge in [-0.15, -0.1) is 0 Å². The average Bonchev–Trinajstić information content (AvgIpc) is 3.76. The Kier molecular flexibility index (Phi) is 9.24. The van der Waals surface area contributed by atoms with Crippen molar-refractivity contribution in [2.45, 2.75) is 54.7 Å². The van der Waals surface area contributed by atoms with Crippen LogP contribution in [0.2, 0.25) is 0 Å². The van der Waals surface area contributed by atoms with Crippen molar-refractivity contribution in [1.29, 1.82) is 0 Å². The van der Waals surface area contributed by atoms with Crippen LogP contribution in [0.4, 0.5) is 13.6 Å². The first-order chi connectivity index (χ1) is 19.7. The van der Waals surface area contributed by atoms with Gasteiger partial charge in [0.15, 0.2) is 0 Å². The lowest BCUT2D eigenvalue weighted by Gasteiger charge is -2.45. The van der Waals surface area contributed by atoms with Gasteiger partial charge in [0.25, 0.3) is 0 Å². The summed E-state index contributed by atoms with van der Waals surface area (Å²) in [7, 11) is -4.16. The zero-order valence-corrected chi connectivity index (χ0v) is 23.8. The van der Waals surface area contributed by atoms with E-state index < -0.39 is 45.4 Å². The zero-order chi connectivity index (χ0) is 29.0. The molecule has 224 valence electrons. The molecule has 2 aromatic rings. The van der Waals surface area contributed by atoms with Crippen LogP contribution in [0, 0.1) is 11.6 Å². The van der Waals surface area contributed by atoms with Gasteiger partial charge in [-0.2, -0.15) is 4.31 Å². The summed E-state index contributed by atoms with van der Waals surface area (Å²) in [5.74, 6) is -1.01. The largest absolute Gasteiger partial charge is 0.441 e. The van der Waals surface area contributed by atoms with E-state index in [2.05, 4.69) is 4.90 Å². The van der Waals surface area contributed by atoms with E-state index >= 15 is 0 Å². The van der Waals surface area contributed by atoms with Crippen molar-refractivity contribution in [3.8, 4) is 0 Å². The summed E-state index contributed by atoms with van der Waals surface area (Å²) < 4.78 is 69.1. The third-order valence-electron chi connectivity index (χ3n) is 8.25. The van der Waals surface area contributed by atoms with Crippen LogP contribution in [0.25, 0.3) is 0 Å². The number of amides is 1. The predicted molar refractivity (Wildman–Crippen MR) is 147 cm³/mol. The lowest BCUT2D eigenvalue weighted by atomic mass is 9.90. The molecule has 1 aliphatic carbocycles. The molecule has 3 aliphatic rings. The molecule has 41 heavy (non-hydrogen) atoms. The molecule has 2 aromatic carbocycles. The summed E-state index contributed by atoms with van der Waals surface area (Å²) in [6, 6.07) is 9.31. The fourth-order valence-electron chi connectivity index (χ4n) is 5.94. The minimum absolute atomic E-state index is 0.0199. The highest BCUT2D eigenvalue weighted by Crippen LogP contribution is 2.52. The number of piperidine rings is 1. The Morgan fingerprint density at radius 3 is 2.37 bits per heavy atom. The predicted octanol–water partition coefficient (Wildman–Crippen LogP) is 3.55. The Hall–Kier alpha value is -2.64. The van der Waals surface area contributed by atoms with Crippen molar-refractivity contribution in [3.05, 3.63) is 65.7 Å². The Bertz CT molecular complexity index is 1300. The minimum Gasteiger partial charge on any atom is -0.441 e. The number of halogens is 2. The molecule has 12 heteroatoms. The van der Waals surface area contributed by atoms with Gasteiger partial charge in [-0.1, -0.05) is 12.1 Å². The Labute approximate surface area is 239 Å². The summed E-state index contributed by atoms with van der Waals surface area (Å²) in [4.78, 5) is 17.1. The van der Waals surface area contributed by atoms with Gasteiger partial charge < -0.3 is 19.5 Å². The summed E-state index contributed by atoms with van der Waals surface area (Å²) >= 11 is 0. The van der Waals surface area contributed by atoms with Gasteiger partial charge in [0.2, 0.25) is 10.0 Å². The maximum Gasteiger partial charge on any atom is 0.410 e. The van der Waals surface area contributed by atoms with Gasteiger partial charge in [0.05, 0.1) is 36.8 Å². The maximum absolute atomic E-state index is 14.3. The Balaban J connectivity index is 1.35. The second-order valence-electron chi connectivity index (χ2n) is 10.9. The van der Waals surface area contributed by atoms with Crippen LogP contribution in [0.1, 0.15) is 43.7 Å². The molecule has 1 amide bonds. The summed E-state index contributed by atoms with van der Waals surface area (Å²) in [6.45, 7) is 3.73. The van der Waals surface area contributed by atoms with Crippen molar-refractivity contribution in [2.75, 3.05) is 52.5 Å². The number of benzene rings is 2. The molecular weight excluding hydrogens is 556 g/mol. The Morgan fingerprint density at radius 1 is 0.976 bits per heavy atom. The third-order valence-corrected chi connectivity index (χ3v) is 10.2. The topological polar surface area (TPSA) is 99.6 Å². The number of nitrogens with zero attached hydrogens (tertiary/aromatic N) is 3. The molecule has 3 fully saturated rings. The highest BCUT2D eigenvalue weighted by atomic mass is 32.2. The van der Waals surface area contributed by atoms with Gasteiger partial charge in [-0.05, 0) is 74.1 Å². The molecule has 1 saturated carbocycles. The summed E-state index contributed by atoms with van der Waals surface area (Å²) in [5.41, 5.74) is -0.451. The van der Waals surface area contributed by atoms with Crippen molar-refractivity contribution >= 4 is 16.1 Å². The molecule has 0 spiro atoms. The quantitative estimate of drug-likeness (QED) is 0.421. The minimum atomic E-state index is -4.16. The second kappa shape index (κ2) is 12.7. The van der Waals surface area contributed by atoms with Crippen LogP contribution in [-0.4, -0.2) is 97.9 Å². The van der Waals surface area contributed by atoms with E-state index in [0.717, 1.165) is 12.1 Å². The maximum atomic E-state index is 14.3. The molecule has 0 unspecified atom stereocenters. The van der Waals surface area contributed by atoms with E-state index in [1.165, 1.54) is 28.6 Å². The first-order valence-corrected chi connectivity index (χ1v) is 15.6. The average molecular weight is 594 g/mol. The molecule has 2 atom stereocenters. The molecular formula is C29H37F2N3O6S. The second-order valence-corrected chi connectivity index (χ2v) is 12.7. The number of ether oxygens (including phenoxy) is 2.